The number of imide groups is 2. The van der Waals surface area contributed by atoms with Crippen molar-refractivity contribution in [3.05, 3.63) is 201 Å². The Morgan fingerprint density at radius 3 is 0.917 bits per heavy atom. The van der Waals surface area contributed by atoms with Gasteiger partial charge in [-0.25, -0.2) is 9.80 Å². The summed E-state index contributed by atoms with van der Waals surface area (Å²) in [6, 6.07) is 47.9. The van der Waals surface area contributed by atoms with Gasteiger partial charge in [0.2, 0.25) is 0 Å². The Morgan fingerprint density at radius 1 is 0.333 bits per heavy atom. The van der Waals surface area contributed by atoms with Crippen LogP contribution < -0.4 is 9.80 Å². The fourth-order valence-corrected chi connectivity index (χ4v) is 10.9. The number of benzene rings is 8. The van der Waals surface area contributed by atoms with Gasteiger partial charge in [-0.2, -0.15) is 0 Å². The van der Waals surface area contributed by atoms with Crippen LogP contribution >= 0.6 is 0 Å². The van der Waals surface area contributed by atoms with E-state index in [1.807, 2.05) is 121 Å². The maximum Gasteiger partial charge on any atom is 0.268 e. The summed E-state index contributed by atoms with van der Waals surface area (Å²) in [6.07, 6.45) is 0. The molecule has 0 unspecified atom stereocenters. The Morgan fingerprint density at radius 2 is 0.625 bits per heavy atom. The van der Waals surface area contributed by atoms with Crippen molar-refractivity contribution in [3.8, 4) is 0 Å². The molecule has 0 aliphatic carbocycles. The first-order valence-electron chi connectivity index (χ1n) is 25.1. The summed E-state index contributed by atoms with van der Waals surface area (Å²) in [4.78, 5) is 72.8. The molecule has 2 N–H and O–H groups in total. The Hall–Kier alpha value is -8.10. The van der Waals surface area contributed by atoms with Crippen LogP contribution in [-0.2, 0) is 0 Å². The maximum atomic E-state index is 15.7. The molecule has 4 heterocycles. The van der Waals surface area contributed by atoms with Crippen molar-refractivity contribution in [2.45, 2.75) is 92.9 Å². The molecular weight excluding hydrogens is 889 g/mol. The minimum Gasteiger partial charge on any atom is -0.354 e. The molecule has 0 saturated heterocycles. The van der Waals surface area contributed by atoms with Gasteiger partial charge in [-0.05, 0) is 71.9 Å². The smallest absolute Gasteiger partial charge is 0.268 e. The number of hydrogen-bond acceptors (Lipinski definition) is 4. The summed E-state index contributed by atoms with van der Waals surface area (Å²) in [7, 11) is 0. The van der Waals surface area contributed by atoms with E-state index in [-0.39, 0.29) is 34.8 Å². The molecule has 4 amide bonds. The zero-order chi connectivity index (χ0) is 50.9. The monoisotopic (exact) mass is 948 g/mol. The summed E-state index contributed by atoms with van der Waals surface area (Å²) >= 11 is 0. The van der Waals surface area contributed by atoms with Crippen LogP contribution in [0.5, 0.6) is 0 Å². The zero-order valence-corrected chi connectivity index (χ0v) is 42.7. The number of para-hydroxylation sites is 4. The van der Waals surface area contributed by atoms with Gasteiger partial charge in [0.15, 0.2) is 0 Å². The molecule has 0 radical (unpaired) electrons. The molecule has 0 spiro atoms. The van der Waals surface area contributed by atoms with E-state index in [4.69, 9.17) is 0 Å². The van der Waals surface area contributed by atoms with Gasteiger partial charge < -0.3 is 9.97 Å². The molecule has 0 atom stereocenters. The third-order valence-corrected chi connectivity index (χ3v) is 14.3. The van der Waals surface area contributed by atoms with E-state index in [0.29, 0.717) is 55.1 Å². The summed E-state index contributed by atoms with van der Waals surface area (Å²) in [6.45, 7) is 20.7. The minimum atomic E-state index is -0.490. The van der Waals surface area contributed by atoms with Crippen molar-refractivity contribution in [2.24, 2.45) is 0 Å². The number of aromatic nitrogens is 2. The van der Waals surface area contributed by atoms with Gasteiger partial charge in [-0.3, -0.25) is 19.2 Å². The van der Waals surface area contributed by atoms with Gasteiger partial charge in [0.1, 0.15) is 0 Å². The summed E-state index contributed by atoms with van der Waals surface area (Å²) < 4.78 is 0. The second-order valence-corrected chi connectivity index (χ2v) is 20.5. The average molecular weight is 949 g/mol. The minimum absolute atomic E-state index is 0.00191. The van der Waals surface area contributed by atoms with E-state index < -0.39 is 23.6 Å². The number of anilines is 2. The van der Waals surface area contributed by atoms with E-state index >= 15 is 19.2 Å². The fourth-order valence-electron chi connectivity index (χ4n) is 10.9. The number of amides is 4. The number of H-pyrrole nitrogens is 2. The summed E-state index contributed by atoms with van der Waals surface area (Å²) in [5.74, 6) is -1.95. The third kappa shape index (κ3) is 7.59. The van der Waals surface area contributed by atoms with Crippen molar-refractivity contribution in [1.29, 1.82) is 0 Å². The number of nitrogens with one attached hydrogen (secondary N) is 2. The first kappa shape index (κ1) is 47.6. The van der Waals surface area contributed by atoms with Crippen LogP contribution in [0, 0.1) is 13.8 Å². The van der Waals surface area contributed by atoms with Crippen molar-refractivity contribution < 1.29 is 19.2 Å². The lowest BCUT2D eigenvalue weighted by Gasteiger charge is -2.36. The molecule has 2 aliphatic heterocycles. The number of rotatable bonds is 6. The Bertz CT molecular complexity index is 3520. The number of aromatic amines is 2. The maximum absolute atomic E-state index is 15.7. The van der Waals surface area contributed by atoms with E-state index in [2.05, 4.69) is 103 Å². The van der Waals surface area contributed by atoms with E-state index in [9.17, 15) is 0 Å². The lowest BCUT2D eigenvalue weighted by molar-refractivity contribution is 0.0875. The molecule has 0 saturated carbocycles. The molecule has 10 aromatic rings. The number of carbonyl (C=O) groups excluding carboxylic acids is 4. The van der Waals surface area contributed by atoms with Crippen molar-refractivity contribution >= 4 is 89.4 Å². The topological polar surface area (TPSA) is 106 Å². The van der Waals surface area contributed by atoms with Gasteiger partial charge in [-0.15, -0.1) is 0 Å². The molecule has 8 heteroatoms. The van der Waals surface area contributed by atoms with E-state index in [0.717, 1.165) is 44.1 Å². The molecule has 2 aliphatic rings. The molecule has 360 valence electrons. The van der Waals surface area contributed by atoms with Crippen molar-refractivity contribution in [2.75, 3.05) is 9.80 Å². The lowest BCUT2D eigenvalue weighted by atomic mass is 9.80. The second-order valence-electron chi connectivity index (χ2n) is 20.5. The number of hydrogen-bond donors (Lipinski definition) is 2. The van der Waals surface area contributed by atoms with Crippen LogP contribution in [0.1, 0.15) is 154 Å². The third-order valence-electron chi connectivity index (χ3n) is 14.3. The van der Waals surface area contributed by atoms with Gasteiger partial charge >= 0.3 is 0 Å². The number of nitrogens with zero attached hydrogens (tertiary/aromatic N) is 2. The molecule has 2 aromatic heterocycles. The van der Waals surface area contributed by atoms with Gasteiger partial charge in [0.05, 0.1) is 44.7 Å². The van der Waals surface area contributed by atoms with Crippen LogP contribution in [0.3, 0.4) is 0 Å². The highest BCUT2D eigenvalue weighted by molar-refractivity contribution is 6.51. The second kappa shape index (κ2) is 18.6. The van der Waals surface area contributed by atoms with E-state index in [1.54, 1.807) is 0 Å². The number of fused-ring (bicyclic) bond motifs is 10. The average Bonchev–Trinajstić information content (AvgIpc) is 3.94. The van der Waals surface area contributed by atoms with Crippen LogP contribution in [0.4, 0.5) is 11.4 Å². The molecule has 0 fully saturated rings. The Balaban J connectivity index is 0.000000368. The van der Waals surface area contributed by atoms with Gasteiger partial charge in [-0.1, -0.05) is 200 Å². The predicted octanol–water partition coefficient (Wildman–Crippen LogP) is 16.2. The zero-order valence-electron chi connectivity index (χ0n) is 42.7. The highest BCUT2D eigenvalue weighted by atomic mass is 16.2. The molecular formula is C64H60N4O4. The van der Waals surface area contributed by atoms with Crippen LogP contribution in [0.15, 0.2) is 146 Å². The Labute approximate surface area is 420 Å². The fraction of sp³-hybridized carbons (Fsp3) is 0.219. The first-order chi connectivity index (χ1) is 34.6. The summed E-state index contributed by atoms with van der Waals surface area (Å²) in [5, 5.41) is 3.29. The molecule has 8 aromatic carbocycles. The molecule has 72 heavy (non-hydrogen) atoms. The first-order valence-corrected chi connectivity index (χ1v) is 25.1. The number of aryl methyl sites for hydroxylation is 2. The van der Waals surface area contributed by atoms with Crippen LogP contribution in [0.2, 0.25) is 0 Å². The quantitative estimate of drug-likeness (QED) is 0.162. The highest BCUT2D eigenvalue weighted by Crippen LogP contribution is 2.52. The molecule has 8 nitrogen and oxygen atoms in total. The Kier molecular flexibility index (Phi) is 12.3. The molecule has 12 rings (SSSR count). The largest absolute Gasteiger partial charge is 0.354 e. The van der Waals surface area contributed by atoms with Crippen LogP contribution in [0.25, 0.3) is 54.4 Å². The van der Waals surface area contributed by atoms with Gasteiger partial charge in [0, 0.05) is 43.4 Å². The SMILES string of the molecule is CC(C)c1cccc(C(C)C)c1N1C(=O)c2c3[nH]c4ccccc4c3c3c4c(c5[nH]c6ccccc6c5c(c24)C1=O)C(=O)N(c1c(C(C)C)cccc1C(C)C)C3=O.Cc1ccccc1.Cc1ccccc1. The van der Waals surface area contributed by atoms with Crippen molar-refractivity contribution in [1.82, 2.24) is 9.97 Å². The van der Waals surface area contributed by atoms with Gasteiger partial charge in [0.25, 0.3) is 23.6 Å². The number of carbonyl (C=O) groups is 4. The summed E-state index contributed by atoms with van der Waals surface area (Å²) in [5.41, 5.74) is 10.9. The van der Waals surface area contributed by atoms with Crippen LogP contribution in [-0.4, -0.2) is 33.6 Å². The molecule has 0 bridgehead atoms. The normalized spacial score (nSPS) is 13.4. The standard InChI is InChI=1S/C50H44N4O4.2C7H8/c1-23(2)27-17-13-18-28(24(3)4)45(27)53-47(55)39-35-31-15-9-11-21-33(31)52-44(35)42-38-37(39)41(49(53)57)43-36(32-16-10-12-22-34(32)51-43)40(38)48(56)54(50(42)58)46-29(25(5)6)19-14-20-30(46)26(7)8;2*1-7-5-3-2-4-6-7/h9-26,51-52H,1-8H3;2*2-6H,1H3. The predicted molar refractivity (Wildman–Crippen MR) is 297 cm³/mol. The highest BCUT2D eigenvalue weighted by Gasteiger charge is 2.47. The van der Waals surface area contributed by atoms with Crippen molar-refractivity contribution in [3.63, 3.8) is 0 Å². The van der Waals surface area contributed by atoms with E-state index in [1.165, 1.54) is 20.9 Å². The lowest BCUT2D eigenvalue weighted by Crippen LogP contribution is -2.45.